The van der Waals surface area contributed by atoms with E-state index in [1.54, 1.807) is 38.5 Å². The fourth-order valence-corrected chi connectivity index (χ4v) is 3.61. The summed E-state index contributed by atoms with van der Waals surface area (Å²) in [6.07, 6.45) is 5.64. The Morgan fingerprint density at radius 1 is 1.19 bits per heavy atom. The highest BCUT2D eigenvalue weighted by atomic mass is 16.6. The van der Waals surface area contributed by atoms with Gasteiger partial charge in [0.15, 0.2) is 18.1 Å². The van der Waals surface area contributed by atoms with Crippen LogP contribution >= 0.6 is 0 Å². The quantitative estimate of drug-likeness (QED) is 0.395. The van der Waals surface area contributed by atoms with E-state index >= 15 is 0 Å². The standard InChI is InChI=1S/C23H25N3O5/c1-14-11-16(15(2)26(14)18-7-8-18)6-10-22(27)30-13-21-24-23(25-31-21)17-5-9-19(28-3)20(12-17)29-4/h5-6,9-12,18H,7-8,13H2,1-4H3/b10-6+. The van der Waals surface area contributed by atoms with Crippen LogP contribution < -0.4 is 9.47 Å². The molecule has 0 unspecified atom stereocenters. The Morgan fingerprint density at radius 3 is 2.68 bits per heavy atom. The number of aryl methyl sites for hydroxylation is 1. The molecule has 0 radical (unpaired) electrons. The van der Waals surface area contributed by atoms with E-state index in [0.29, 0.717) is 28.9 Å². The molecule has 2 aromatic heterocycles. The molecule has 3 aromatic rings. The zero-order chi connectivity index (χ0) is 22.0. The van der Waals surface area contributed by atoms with E-state index in [2.05, 4.69) is 34.6 Å². The van der Waals surface area contributed by atoms with Gasteiger partial charge in [-0.05, 0) is 62.6 Å². The fraction of sp³-hybridized carbons (Fsp3) is 0.348. The molecule has 0 bridgehead atoms. The van der Waals surface area contributed by atoms with Gasteiger partial charge < -0.3 is 23.3 Å². The minimum atomic E-state index is -0.470. The third kappa shape index (κ3) is 4.47. The Morgan fingerprint density at radius 2 is 1.97 bits per heavy atom. The molecule has 31 heavy (non-hydrogen) atoms. The number of benzene rings is 1. The highest BCUT2D eigenvalue weighted by Crippen LogP contribution is 2.38. The van der Waals surface area contributed by atoms with Crippen LogP contribution in [0.2, 0.25) is 0 Å². The number of carbonyl (C=O) groups excluding carboxylic acids is 1. The zero-order valence-electron chi connectivity index (χ0n) is 18.0. The largest absolute Gasteiger partial charge is 0.493 e. The molecule has 0 N–H and O–H groups in total. The number of nitrogens with zero attached hydrogens (tertiary/aromatic N) is 3. The third-order valence-corrected chi connectivity index (χ3v) is 5.28. The molecule has 1 saturated carbocycles. The van der Waals surface area contributed by atoms with Crippen LogP contribution in [-0.4, -0.2) is 34.9 Å². The second-order valence-corrected chi connectivity index (χ2v) is 7.45. The summed E-state index contributed by atoms with van der Waals surface area (Å²) in [4.78, 5) is 16.4. The molecule has 1 aliphatic rings. The van der Waals surface area contributed by atoms with E-state index in [-0.39, 0.29) is 12.5 Å². The number of hydrogen-bond donors (Lipinski definition) is 0. The minimum Gasteiger partial charge on any atom is -0.493 e. The first-order chi connectivity index (χ1) is 15.0. The lowest BCUT2D eigenvalue weighted by Gasteiger charge is -2.07. The highest BCUT2D eigenvalue weighted by molar-refractivity contribution is 5.87. The molecule has 4 rings (SSSR count). The first-order valence-electron chi connectivity index (χ1n) is 10.1. The van der Waals surface area contributed by atoms with Crippen molar-refractivity contribution in [3.8, 4) is 22.9 Å². The van der Waals surface area contributed by atoms with Crippen LogP contribution in [0.4, 0.5) is 0 Å². The van der Waals surface area contributed by atoms with E-state index in [1.165, 1.54) is 30.3 Å². The number of esters is 1. The average molecular weight is 423 g/mol. The zero-order valence-corrected chi connectivity index (χ0v) is 18.0. The van der Waals surface area contributed by atoms with Crippen LogP contribution in [0.25, 0.3) is 17.5 Å². The van der Waals surface area contributed by atoms with Gasteiger partial charge in [-0.15, -0.1) is 0 Å². The Hall–Kier alpha value is -3.55. The number of carbonyl (C=O) groups is 1. The van der Waals surface area contributed by atoms with Crippen molar-refractivity contribution < 1.29 is 23.5 Å². The summed E-state index contributed by atoms with van der Waals surface area (Å²) < 4.78 is 23.3. The average Bonchev–Trinajstić information content (AvgIpc) is 3.41. The van der Waals surface area contributed by atoms with Gasteiger partial charge in [-0.1, -0.05) is 5.16 Å². The molecule has 0 aliphatic heterocycles. The van der Waals surface area contributed by atoms with Gasteiger partial charge in [0, 0.05) is 29.1 Å². The SMILES string of the molecule is COc1ccc(-c2noc(COC(=O)/C=C/c3cc(C)n(C4CC4)c3C)n2)cc1OC. The summed E-state index contributed by atoms with van der Waals surface area (Å²) in [5, 5.41) is 3.94. The first-order valence-corrected chi connectivity index (χ1v) is 10.1. The topological polar surface area (TPSA) is 88.6 Å². The van der Waals surface area contributed by atoms with Gasteiger partial charge in [0.05, 0.1) is 14.2 Å². The van der Waals surface area contributed by atoms with Gasteiger partial charge >= 0.3 is 5.97 Å². The Labute approximate surface area is 180 Å². The van der Waals surface area contributed by atoms with E-state index < -0.39 is 5.97 Å². The monoisotopic (exact) mass is 423 g/mol. The number of rotatable bonds is 8. The lowest BCUT2D eigenvalue weighted by Crippen LogP contribution is -2.01. The normalized spacial score (nSPS) is 13.5. The van der Waals surface area contributed by atoms with E-state index in [9.17, 15) is 4.79 Å². The fourth-order valence-electron chi connectivity index (χ4n) is 3.61. The third-order valence-electron chi connectivity index (χ3n) is 5.28. The first kappa shape index (κ1) is 20.7. The maximum Gasteiger partial charge on any atom is 0.331 e. The van der Waals surface area contributed by atoms with E-state index in [0.717, 1.165) is 5.56 Å². The van der Waals surface area contributed by atoms with Gasteiger partial charge in [0.2, 0.25) is 5.82 Å². The summed E-state index contributed by atoms with van der Waals surface area (Å²) in [7, 11) is 3.12. The summed E-state index contributed by atoms with van der Waals surface area (Å²) in [6.45, 7) is 4.06. The second-order valence-electron chi connectivity index (χ2n) is 7.45. The van der Waals surface area contributed by atoms with Crippen LogP contribution in [0.5, 0.6) is 11.5 Å². The predicted molar refractivity (Wildman–Crippen MR) is 114 cm³/mol. The molecule has 8 heteroatoms. The smallest absolute Gasteiger partial charge is 0.331 e. The summed E-state index contributed by atoms with van der Waals surface area (Å²) >= 11 is 0. The van der Waals surface area contributed by atoms with Crippen molar-refractivity contribution >= 4 is 12.0 Å². The molecule has 162 valence electrons. The van der Waals surface area contributed by atoms with E-state index in [1.807, 2.05) is 0 Å². The van der Waals surface area contributed by atoms with Gasteiger partial charge in [-0.25, -0.2) is 4.79 Å². The number of aromatic nitrogens is 3. The molecular formula is C23H25N3O5. The van der Waals surface area contributed by atoms with Gasteiger partial charge in [-0.2, -0.15) is 4.98 Å². The van der Waals surface area contributed by atoms with Gasteiger partial charge in [0.1, 0.15) is 0 Å². The number of methoxy groups -OCH3 is 2. The maximum atomic E-state index is 12.1. The molecule has 1 fully saturated rings. The van der Waals surface area contributed by atoms with Crippen LogP contribution in [0, 0.1) is 13.8 Å². The van der Waals surface area contributed by atoms with Gasteiger partial charge in [0.25, 0.3) is 5.89 Å². The minimum absolute atomic E-state index is 0.107. The van der Waals surface area contributed by atoms with Crippen LogP contribution in [-0.2, 0) is 16.1 Å². The Bertz CT molecular complexity index is 1120. The Balaban J connectivity index is 1.37. The van der Waals surface area contributed by atoms with Crippen LogP contribution in [0.1, 0.15) is 41.7 Å². The van der Waals surface area contributed by atoms with Gasteiger partial charge in [-0.3, -0.25) is 0 Å². The molecule has 8 nitrogen and oxygen atoms in total. The summed E-state index contributed by atoms with van der Waals surface area (Å²) in [5.74, 6) is 1.27. The van der Waals surface area contributed by atoms with Crippen molar-refractivity contribution in [3.05, 3.63) is 53.2 Å². The molecule has 0 atom stereocenters. The molecule has 1 aliphatic carbocycles. The summed E-state index contributed by atoms with van der Waals surface area (Å²) in [6, 6.07) is 8.00. The molecule has 2 heterocycles. The number of hydrogen-bond acceptors (Lipinski definition) is 7. The van der Waals surface area contributed by atoms with E-state index in [4.69, 9.17) is 18.7 Å². The molecule has 0 spiro atoms. The maximum absolute atomic E-state index is 12.1. The second kappa shape index (κ2) is 8.67. The molecule has 0 amide bonds. The lowest BCUT2D eigenvalue weighted by atomic mass is 10.2. The van der Waals surface area contributed by atoms with Crippen molar-refractivity contribution in [2.75, 3.05) is 14.2 Å². The van der Waals surface area contributed by atoms with Crippen molar-refractivity contribution in [2.24, 2.45) is 0 Å². The van der Waals surface area contributed by atoms with Crippen molar-refractivity contribution in [1.29, 1.82) is 0 Å². The molecule has 1 aromatic carbocycles. The Kier molecular flexibility index (Phi) is 5.79. The van der Waals surface area contributed by atoms with Crippen molar-refractivity contribution in [1.82, 2.24) is 14.7 Å². The van der Waals surface area contributed by atoms with Crippen LogP contribution in [0.3, 0.4) is 0 Å². The molecule has 0 saturated heterocycles. The summed E-state index contributed by atoms with van der Waals surface area (Å²) in [5.41, 5.74) is 4.10. The van der Waals surface area contributed by atoms with Crippen molar-refractivity contribution in [2.45, 2.75) is 39.3 Å². The van der Waals surface area contributed by atoms with Crippen molar-refractivity contribution in [3.63, 3.8) is 0 Å². The lowest BCUT2D eigenvalue weighted by molar-refractivity contribution is -0.139. The van der Waals surface area contributed by atoms with Crippen LogP contribution in [0.15, 0.2) is 34.9 Å². The number of ether oxygens (including phenoxy) is 3. The highest BCUT2D eigenvalue weighted by Gasteiger charge is 2.26. The molecular weight excluding hydrogens is 398 g/mol. The predicted octanol–water partition coefficient (Wildman–Crippen LogP) is 4.26.